The first-order chi connectivity index (χ1) is 6.77. The van der Waals surface area contributed by atoms with E-state index in [0.29, 0.717) is 5.76 Å². The summed E-state index contributed by atoms with van der Waals surface area (Å²) < 4.78 is 5.17. The maximum atomic E-state index is 11.8. The molecule has 4 heteroatoms. The van der Waals surface area contributed by atoms with Crippen LogP contribution in [0.4, 0.5) is 0 Å². The van der Waals surface area contributed by atoms with E-state index in [1.807, 2.05) is 11.8 Å². The predicted octanol–water partition coefficient (Wildman–Crippen LogP) is 0.633. The molecule has 1 aliphatic rings. The van der Waals surface area contributed by atoms with Gasteiger partial charge >= 0.3 is 0 Å². The summed E-state index contributed by atoms with van der Waals surface area (Å²) in [5.41, 5.74) is 0.989. The first-order valence-electron chi connectivity index (χ1n) is 4.82. The number of nitrogens with zero attached hydrogens (tertiary/aromatic N) is 1. The molecule has 0 spiro atoms. The van der Waals surface area contributed by atoms with E-state index in [-0.39, 0.29) is 5.91 Å². The zero-order chi connectivity index (χ0) is 9.97. The van der Waals surface area contributed by atoms with Crippen molar-refractivity contribution in [3.8, 4) is 0 Å². The van der Waals surface area contributed by atoms with Crippen LogP contribution in [0.15, 0.2) is 16.7 Å². The van der Waals surface area contributed by atoms with Gasteiger partial charge in [-0.25, -0.2) is 0 Å². The summed E-state index contributed by atoms with van der Waals surface area (Å²) in [5, 5.41) is 3.20. The fourth-order valence-corrected chi connectivity index (χ4v) is 1.57. The number of rotatable bonds is 1. The van der Waals surface area contributed by atoms with Gasteiger partial charge in [0.05, 0.1) is 6.26 Å². The number of carbonyl (C=O) groups excluding carboxylic acids is 1. The Kier molecular flexibility index (Phi) is 2.54. The number of aryl methyl sites for hydroxylation is 1. The molecule has 1 aromatic rings. The van der Waals surface area contributed by atoms with Crippen LogP contribution in [-0.2, 0) is 0 Å². The number of nitrogens with one attached hydrogen (secondary N) is 1. The Bertz CT molecular complexity index is 327. The smallest absolute Gasteiger partial charge is 0.289 e. The van der Waals surface area contributed by atoms with Crippen LogP contribution in [0.25, 0.3) is 0 Å². The van der Waals surface area contributed by atoms with Crippen molar-refractivity contribution in [1.82, 2.24) is 10.2 Å². The normalized spacial score (nSPS) is 17.1. The summed E-state index contributed by atoms with van der Waals surface area (Å²) in [6.07, 6.45) is 1.61. The van der Waals surface area contributed by atoms with Crippen LogP contribution < -0.4 is 5.32 Å². The summed E-state index contributed by atoms with van der Waals surface area (Å²) in [4.78, 5) is 13.6. The highest BCUT2D eigenvalue weighted by Crippen LogP contribution is 2.09. The molecule has 1 N–H and O–H groups in total. The molecular formula is C10H14N2O2. The van der Waals surface area contributed by atoms with E-state index in [4.69, 9.17) is 4.42 Å². The monoisotopic (exact) mass is 194 g/mol. The van der Waals surface area contributed by atoms with Crippen molar-refractivity contribution in [2.75, 3.05) is 26.2 Å². The fourth-order valence-electron chi connectivity index (χ4n) is 1.57. The van der Waals surface area contributed by atoms with Gasteiger partial charge in [0.25, 0.3) is 5.91 Å². The van der Waals surface area contributed by atoms with Gasteiger partial charge in [0.2, 0.25) is 0 Å². The van der Waals surface area contributed by atoms with E-state index in [0.717, 1.165) is 31.7 Å². The second-order valence-corrected chi connectivity index (χ2v) is 3.53. The fraction of sp³-hybridized carbons (Fsp3) is 0.500. The first-order valence-corrected chi connectivity index (χ1v) is 4.82. The Labute approximate surface area is 82.9 Å². The second kappa shape index (κ2) is 3.84. The summed E-state index contributed by atoms with van der Waals surface area (Å²) in [6, 6.07) is 1.78. The zero-order valence-electron chi connectivity index (χ0n) is 8.25. The third kappa shape index (κ3) is 1.80. The lowest BCUT2D eigenvalue weighted by Gasteiger charge is -2.26. The molecule has 0 aromatic carbocycles. The molecule has 0 radical (unpaired) electrons. The average molecular weight is 194 g/mol. The topological polar surface area (TPSA) is 45.5 Å². The van der Waals surface area contributed by atoms with E-state index in [2.05, 4.69) is 5.32 Å². The van der Waals surface area contributed by atoms with Crippen molar-refractivity contribution in [1.29, 1.82) is 0 Å². The standard InChI is InChI=1S/C10H14N2O2/c1-8-6-9(14-7-8)10(13)12-4-2-11-3-5-12/h6-7,11H,2-5H2,1H3. The van der Waals surface area contributed by atoms with Gasteiger partial charge in [-0.15, -0.1) is 0 Å². The Morgan fingerprint density at radius 3 is 2.79 bits per heavy atom. The van der Waals surface area contributed by atoms with E-state index < -0.39 is 0 Å². The van der Waals surface area contributed by atoms with Crippen molar-refractivity contribution < 1.29 is 9.21 Å². The lowest BCUT2D eigenvalue weighted by molar-refractivity contribution is 0.0703. The van der Waals surface area contributed by atoms with Gasteiger partial charge in [0.15, 0.2) is 5.76 Å². The van der Waals surface area contributed by atoms with Crippen LogP contribution >= 0.6 is 0 Å². The quantitative estimate of drug-likeness (QED) is 0.713. The number of carbonyl (C=O) groups is 1. The summed E-state index contributed by atoms with van der Waals surface area (Å²) >= 11 is 0. The van der Waals surface area contributed by atoms with Crippen molar-refractivity contribution in [3.63, 3.8) is 0 Å². The van der Waals surface area contributed by atoms with Gasteiger partial charge in [0, 0.05) is 26.2 Å². The molecule has 0 bridgehead atoms. The van der Waals surface area contributed by atoms with Gasteiger partial charge in [-0.2, -0.15) is 0 Å². The second-order valence-electron chi connectivity index (χ2n) is 3.53. The zero-order valence-corrected chi connectivity index (χ0v) is 8.25. The highest BCUT2D eigenvalue weighted by Gasteiger charge is 2.20. The summed E-state index contributed by atoms with van der Waals surface area (Å²) in [6.45, 7) is 5.17. The molecule has 1 aliphatic heterocycles. The van der Waals surface area contributed by atoms with Crippen molar-refractivity contribution >= 4 is 5.91 Å². The first kappa shape index (κ1) is 9.27. The molecule has 1 fully saturated rings. The van der Waals surface area contributed by atoms with E-state index in [1.165, 1.54) is 0 Å². The third-order valence-electron chi connectivity index (χ3n) is 2.35. The van der Waals surface area contributed by atoms with Crippen molar-refractivity contribution in [2.45, 2.75) is 6.92 Å². The van der Waals surface area contributed by atoms with Crippen LogP contribution in [0, 0.1) is 6.92 Å². The lowest BCUT2D eigenvalue weighted by Crippen LogP contribution is -2.46. The number of amides is 1. The van der Waals surface area contributed by atoms with E-state index in [9.17, 15) is 4.79 Å². The Morgan fingerprint density at radius 1 is 1.50 bits per heavy atom. The van der Waals surface area contributed by atoms with Crippen LogP contribution in [0.5, 0.6) is 0 Å². The molecule has 76 valence electrons. The number of hydrogen-bond acceptors (Lipinski definition) is 3. The molecule has 4 nitrogen and oxygen atoms in total. The average Bonchev–Trinajstić information content (AvgIpc) is 2.65. The molecule has 2 rings (SSSR count). The van der Waals surface area contributed by atoms with Gasteiger partial charge in [0.1, 0.15) is 0 Å². The molecule has 1 saturated heterocycles. The van der Waals surface area contributed by atoms with Crippen LogP contribution in [0.1, 0.15) is 16.1 Å². The van der Waals surface area contributed by atoms with E-state index >= 15 is 0 Å². The minimum Gasteiger partial charge on any atom is -0.459 e. The molecule has 0 saturated carbocycles. The van der Waals surface area contributed by atoms with Crippen LogP contribution in [0.2, 0.25) is 0 Å². The molecule has 0 aliphatic carbocycles. The maximum absolute atomic E-state index is 11.8. The van der Waals surface area contributed by atoms with Gasteiger partial charge in [-0.3, -0.25) is 4.79 Å². The number of hydrogen-bond donors (Lipinski definition) is 1. The third-order valence-corrected chi connectivity index (χ3v) is 2.35. The van der Waals surface area contributed by atoms with Gasteiger partial charge in [-0.05, 0) is 18.6 Å². The van der Waals surface area contributed by atoms with Crippen LogP contribution in [0.3, 0.4) is 0 Å². The molecule has 14 heavy (non-hydrogen) atoms. The Morgan fingerprint density at radius 2 is 2.21 bits per heavy atom. The minimum atomic E-state index is -0.000370. The molecule has 1 amide bonds. The Balaban J connectivity index is 2.07. The lowest BCUT2D eigenvalue weighted by atomic mass is 10.3. The van der Waals surface area contributed by atoms with Gasteiger partial charge < -0.3 is 14.6 Å². The highest BCUT2D eigenvalue weighted by atomic mass is 16.3. The summed E-state index contributed by atoms with van der Waals surface area (Å²) in [7, 11) is 0. The Hall–Kier alpha value is -1.29. The number of furan rings is 1. The van der Waals surface area contributed by atoms with Crippen molar-refractivity contribution in [3.05, 3.63) is 23.7 Å². The largest absolute Gasteiger partial charge is 0.459 e. The molecule has 0 atom stereocenters. The highest BCUT2D eigenvalue weighted by molar-refractivity contribution is 5.91. The SMILES string of the molecule is Cc1coc(C(=O)N2CCNCC2)c1. The van der Waals surface area contributed by atoms with E-state index in [1.54, 1.807) is 12.3 Å². The number of piperazine rings is 1. The van der Waals surface area contributed by atoms with Crippen LogP contribution in [-0.4, -0.2) is 37.0 Å². The maximum Gasteiger partial charge on any atom is 0.289 e. The summed E-state index contributed by atoms with van der Waals surface area (Å²) in [5.74, 6) is 0.448. The van der Waals surface area contributed by atoms with Gasteiger partial charge in [-0.1, -0.05) is 0 Å². The predicted molar refractivity (Wildman–Crippen MR) is 52.2 cm³/mol. The molecule has 1 aromatic heterocycles. The van der Waals surface area contributed by atoms with Crippen molar-refractivity contribution in [2.24, 2.45) is 0 Å². The molecule has 0 unspecified atom stereocenters. The molecular weight excluding hydrogens is 180 g/mol. The minimum absolute atomic E-state index is 0.000370. The molecule has 2 heterocycles.